The molecule has 0 aromatic carbocycles. The van der Waals surface area contributed by atoms with Crippen LogP contribution in [0.5, 0.6) is 0 Å². The van der Waals surface area contributed by atoms with Crippen molar-refractivity contribution in [2.24, 2.45) is 0 Å². The third kappa shape index (κ3) is 3.15. The predicted octanol–water partition coefficient (Wildman–Crippen LogP) is 3.54. The van der Waals surface area contributed by atoms with Crippen LogP contribution in [0.1, 0.15) is 40.1 Å². The van der Waals surface area contributed by atoms with E-state index in [-0.39, 0.29) is 5.78 Å². The molecule has 0 radical (unpaired) electrons. The van der Waals surface area contributed by atoms with Crippen LogP contribution in [0.2, 0.25) is 0 Å². The maximum Gasteiger partial charge on any atom is 0.174 e. The highest BCUT2D eigenvalue weighted by Gasteiger charge is 2.15. The molecule has 0 N–H and O–H groups in total. The van der Waals surface area contributed by atoms with Gasteiger partial charge in [-0.3, -0.25) is 4.79 Å². The van der Waals surface area contributed by atoms with Crippen molar-refractivity contribution in [2.75, 3.05) is 5.75 Å². The third-order valence-corrected chi connectivity index (χ3v) is 4.32. The summed E-state index contributed by atoms with van der Waals surface area (Å²) in [5, 5.41) is 3.92. The van der Waals surface area contributed by atoms with Gasteiger partial charge < -0.3 is 9.09 Å². The lowest BCUT2D eigenvalue weighted by molar-refractivity contribution is 0.102. The van der Waals surface area contributed by atoms with Crippen LogP contribution in [-0.2, 0) is 12.3 Å². The lowest BCUT2D eigenvalue weighted by atomic mass is 10.2. The molecule has 20 heavy (non-hydrogen) atoms. The van der Waals surface area contributed by atoms with E-state index in [1.165, 1.54) is 0 Å². The van der Waals surface area contributed by atoms with Crippen molar-refractivity contribution < 1.29 is 9.32 Å². The van der Waals surface area contributed by atoms with E-state index >= 15 is 0 Å². The maximum absolute atomic E-state index is 12.3. The fourth-order valence-corrected chi connectivity index (χ4v) is 3.17. The van der Waals surface area contributed by atoms with Crippen LogP contribution in [-0.4, -0.2) is 21.3 Å². The van der Waals surface area contributed by atoms with Crippen molar-refractivity contribution in [1.29, 1.82) is 0 Å². The molecule has 0 aliphatic rings. The van der Waals surface area contributed by atoms with E-state index in [9.17, 15) is 4.79 Å². The molecule has 2 aromatic rings. The van der Waals surface area contributed by atoms with Gasteiger partial charge in [0.2, 0.25) is 0 Å². The second-order valence-corrected chi connectivity index (χ2v) is 5.86. The SMILES string of the molecule is CCn1c(C)cc(C(=O)CSCc2cc(C)on2)c1C. The highest BCUT2D eigenvalue weighted by molar-refractivity contribution is 7.99. The van der Waals surface area contributed by atoms with Crippen LogP contribution in [0.3, 0.4) is 0 Å². The number of ketones is 1. The molecule has 2 aromatic heterocycles. The molecular formula is C15H20N2O2S. The van der Waals surface area contributed by atoms with E-state index in [1.54, 1.807) is 11.8 Å². The molecule has 0 aliphatic carbocycles. The molecule has 0 fully saturated rings. The zero-order valence-corrected chi connectivity index (χ0v) is 13.2. The number of hydrogen-bond donors (Lipinski definition) is 0. The van der Waals surface area contributed by atoms with Gasteiger partial charge in [0, 0.05) is 35.3 Å². The van der Waals surface area contributed by atoms with Gasteiger partial charge in [0.15, 0.2) is 5.78 Å². The summed E-state index contributed by atoms with van der Waals surface area (Å²) in [6.45, 7) is 8.91. The molecule has 0 spiro atoms. The number of carbonyl (C=O) groups excluding carboxylic acids is 1. The fraction of sp³-hybridized carbons (Fsp3) is 0.467. The van der Waals surface area contributed by atoms with Crippen LogP contribution in [0.25, 0.3) is 0 Å². The summed E-state index contributed by atoms with van der Waals surface area (Å²) in [7, 11) is 0. The first-order valence-electron chi connectivity index (χ1n) is 6.72. The van der Waals surface area contributed by atoms with Crippen molar-refractivity contribution in [2.45, 2.75) is 40.0 Å². The van der Waals surface area contributed by atoms with Gasteiger partial charge in [-0.05, 0) is 33.8 Å². The first kappa shape index (κ1) is 14.9. The standard InChI is InChI=1S/C15H20N2O2S/c1-5-17-10(2)6-14(12(17)4)15(18)9-20-8-13-7-11(3)19-16-13/h6-7H,5,8-9H2,1-4H3. The van der Waals surface area contributed by atoms with E-state index in [2.05, 4.69) is 16.6 Å². The third-order valence-electron chi connectivity index (χ3n) is 3.35. The lowest BCUT2D eigenvalue weighted by Gasteiger charge is -2.05. The van der Waals surface area contributed by atoms with Gasteiger partial charge >= 0.3 is 0 Å². The van der Waals surface area contributed by atoms with Crippen molar-refractivity contribution in [1.82, 2.24) is 9.72 Å². The first-order valence-corrected chi connectivity index (χ1v) is 7.88. The Kier molecular flexibility index (Phi) is 4.70. The van der Waals surface area contributed by atoms with Crippen molar-refractivity contribution >= 4 is 17.5 Å². The molecule has 4 nitrogen and oxygen atoms in total. The molecule has 2 rings (SSSR count). The van der Waals surface area contributed by atoms with Gasteiger partial charge in [-0.25, -0.2) is 0 Å². The fourth-order valence-electron chi connectivity index (χ4n) is 2.38. The maximum atomic E-state index is 12.3. The van der Waals surface area contributed by atoms with E-state index in [0.29, 0.717) is 11.5 Å². The number of rotatable bonds is 6. The van der Waals surface area contributed by atoms with Crippen LogP contribution in [0.4, 0.5) is 0 Å². The smallest absolute Gasteiger partial charge is 0.174 e. The normalized spacial score (nSPS) is 11.0. The molecule has 108 valence electrons. The number of hydrogen-bond acceptors (Lipinski definition) is 4. The van der Waals surface area contributed by atoms with E-state index < -0.39 is 0 Å². The number of carbonyl (C=O) groups is 1. The van der Waals surface area contributed by atoms with Gasteiger partial charge in [0.05, 0.1) is 11.4 Å². The highest BCUT2D eigenvalue weighted by atomic mass is 32.2. The van der Waals surface area contributed by atoms with Crippen molar-refractivity contribution in [3.63, 3.8) is 0 Å². The highest BCUT2D eigenvalue weighted by Crippen LogP contribution is 2.19. The molecule has 0 bridgehead atoms. The number of aromatic nitrogens is 2. The summed E-state index contributed by atoms with van der Waals surface area (Å²) in [5.74, 6) is 2.16. The Labute approximate surface area is 123 Å². The van der Waals surface area contributed by atoms with Crippen LogP contribution in [0, 0.1) is 20.8 Å². The molecule has 0 saturated heterocycles. The van der Waals surface area contributed by atoms with Gasteiger partial charge in [-0.2, -0.15) is 0 Å². The molecule has 2 heterocycles. The number of nitrogens with zero attached hydrogens (tertiary/aromatic N) is 2. The molecule has 5 heteroatoms. The van der Waals surface area contributed by atoms with E-state index in [0.717, 1.165) is 35.0 Å². The minimum Gasteiger partial charge on any atom is -0.361 e. The molecule has 0 saturated carbocycles. The summed E-state index contributed by atoms with van der Waals surface area (Å²) < 4.78 is 7.17. The number of thioether (sulfide) groups is 1. The van der Waals surface area contributed by atoms with Crippen LogP contribution < -0.4 is 0 Å². The summed E-state index contributed by atoms with van der Waals surface area (Å²) >= 11 is 1.57. The van der Waals surface area contributed by atoms with Gasteiger partial charge in [-0.15, -0.1) is 11.8 Å². The van der Waals surface area contributed by atoms with Gasteiger partial charge in [0.25, 0.3) is 0 Å². The summed E-state index contributed by atoms with van der Waals surface area (Å²) in [4.78, 5) is 12.3. The van der Waals surface area contributed by atoms with Crippen LogP contribution in [0.15, 0.2) is 16.7 Å². The molecule has 0 aliphatic heterocycles. The largest absolute Gasteiger partial charge is 0.361 e. The van der Waals surface area contributed by atoms with Gasteiger partial charge in [-0.1, -0.05) is 5.16 Å². The molecular weight excluding hydrogens is 272 g/mol. The molecule has 0 atom stereocenters. The number of aryl methyl sites for hydroxylation is 2. The first-order chi connectivity index (χ1) is 9.52. The van der Waals surface area contributed by atoms with Crippen molar-refractivity contribution in [3.05, 3.63) is 40.5 Å². The summed E-state index contributed by atoms with van der Waals surface area (Å²) in [6.07, 6.45) is 0. The topological polar surface area (TPSA) is 48.0 Å². The Morgan fingerprint density at radius 2 is 2.10 bits per heavy atom. The van der Waals surface area contributed by atoms with E-state index in [4.69, 9.17) is 4.52 Å². The quantitative estimate of drug-likeness (QED) is 0.764. The Balaban J connectivity index is 1.95. The zero-order valence-electron chi connectivity index (χ0n) is 12.4. The minimum absolute atomic E-state index is 0.183. The summed E-state index contributed by atoms with van der Waals surface area (Å²) in [5.41, 5.74) is 3.94. The molecule has 0 amide bonds. The Morgan fingerprint density at radius 3 is 2.65 bits per heavy atom. The summed E-state index contributed by atoms with van der Waals surface area (Å²) in [6, 6.07) is 3.89. The monoisotopic (exact) mass is 292 g/mol. The van der Waals surface area contributed by atoms with Crippen molar-refractivity contribution in [3.8, 4) is 0 Å². The second kappa shape index (κ2) is 6.31. The van der Waals surface area contributed by atoms with Crippen LogP contribution >= 0.6 is 11.8 Å². The average molecular weight is 292 g/mol. The van der Waals surface area contributed by atoms with E-state index in [1.807, 2.05) is 32.9 Å². The number of Topliss-reactive ketones (excluding diaryl/α,β-unsaturated/α-hetero) is 1. The molecule has 0 unspecified atom stereocenters. The zero-order chi connectivity index (χ0) is 14.7. The predicted molar refractivity (Wildman–Crippen MR) is 81.3 cm³/mol. The Hall–Kier alpha value is -1.49. The average Bonchev–Trinajstić information content (AvgIpc) is 2.93. The lowest BCUT2D eigenvalue weighted by Crippen LogP contribution is -2.06. The Bertz CT molecular complexity index is 613. The minimum atomic E-state index is 0.183. The second-order valence-electron chi connectivity index (χ2n) is 4.87. The van der Waals surface area contributed by atoms with Gasteiger partial charge in [0.1, 0.15) is 5.76 Å². The Morgan fingerprint density at radius 1 is 1.35 bits per heavy atom.